The van der Waals surface area contributed by atoms with Crippen LogP contribution in [0.4, 0.5) is 0 Å². The highest BCUT2D eigenvalue weighted by Crippen LogP contribution is 2.18. The molecular weight excluding hydrogens is 208 g/mol. The van der Waals surface area contributed by atoms with E-state index in [1.807, 2.05) is 17.5 Å². The molecule has 0 aliphatic rings. The van der Waals surface area contributed by atoms with Gasteiger partial charge in [0, 0.05) is 6.61 Å². The number of ketones is 1. The molecule has 0 unspecified atom stereocenters. The molecule has 0 N–H and O–H groups in total. The quantitative estimate of drug-likeness (QED) is 0.568. The first kappa shape index (κ1) is 12.4. The summed E-state index contributed by atoms with van der Waals surface area (Å²) in [6.45, 7) is 7.35. The molecule has 1 heterocycles. The third kappa shape index (κ3) is 5.09. The van der Waals surface area contributed by atoms with Gasteiger partial charge in [-0.2, -0.15) is 0 Å². The predicted octanol–water partition coefficient (Wildman–Crippen LogP) is 3.38. The average Bonchev–Trinajstić information content (AvgIpc) is 2.63. The minimum absolute atomic E-state index is 0.0823. The van der Waals surface area contributed by atoms with E-state index in [0.717, 1.165) is 11.3 Å². The Hall–Kier alpha value is -0.670. The third-order valence-electron chi connectivity index (χ3n) is 2.03. The second kappa shape index (κ2) is 5.42. The molecule has 2 nitrogen and oxygen atoms in total. The average molecular weight is 226 g/mol. The van der Waals surface area contributed by atoms with Gasteiger partial charge in [0.25, 0.3) is 0 Å². The zero-order chi connectivity index (χ0) is 11.3. The van der Waals surface area contributed by atoms with Crippen LogP contribution in [-0.4, -0.2) is 19.0 Å². The van der Waals surface area contributed by atoms with E-state index >= 15 is 0 Å². The zero-order valence-corrected chi connectivity index (χ0v) is 10.4. The van der Waals surface area contributed by atoms with Gasteiger partial charge in [-0.3, -0.25) is 4.79 Å². The van der Waals surface area contributed by atoms with E-state index in [2.05, 4.69) is 20.8 Å². The summed E-state index contributed by atoms with van der Waals surface area (Å²) in [7, 11) is 0. The highest BCUT2D eigenvalue weighted by Gasteiger charge is 2.11. The molecule has 15 heavy (non-hydrogen) atoms. The molecule has 0 aromatic carbocycles. The molecule has 1 aromatic rings. The molecule has 0 atom stereocenters. The zero-order valence-electron chi connectivity index (χ0n) is 9.58. The number of carbonyl (C=O) groups is 1. The molecular formula is C12H18O2S. The fourth-order valence-corrected chi connectivity index (χ4v) is 1.70. The van der Waals surface area contributed by atoms with Crippen LogP contribution < -0.4 is 0 Å². The molecule has 0 fully saturated rings. The first-order valence-corrected chi connectivity index (χ1v) is 6.01. The normalized spacial score (nSPS) is 11.7. The van der Waals surface area contributed by atoms with Crippen LogP contribution >= 0.6 is 11.3 Å². The van der Waals surface area contributed by atoms with Crippen LogP contribution in [-0.2, 0) is 4.74 Å². The highest BCUT2D eigenvalue weighted by atomic mass is 32.1. The number of rotatable bonds is 5. The Balaban J connectivity index is 2.19. The summed E-state index contributed by atoms with van der Waals surface area (Å²) in [6, 6.07) is 3.72. The molecule has 0 aliphatic heterocycles. The minimum Gasteiger partial charge on any atom is -0.373 e. The van der Waals surface area contributed by atoms with Crippen LogP contribution in [0, 0.1) is 5.41 Å². The molecule has 1 rings (SSSR count). The third-order valence-corrected chi connectivity index (χ3v) is 2.94. The van der Waals surface area contributed by atoms with Gasteiger partial charge in [-0.05, 0) is 23.3 Å². The van der Waals surface area contributed by atoms with E-state index < -0.39 is 0 Å². The summed E-state index contributed by atoms with van der Waals surface area (Å²) in [5.41, 5.74) is 0.270. The van der Waals surface area contributed by atoms with Gasteiger partial charge in [0.1, 0.15) is 6.61 Å². The Bertz CT molecular complexity index is 296. The van der Waals surface area contributed by atoms with Gasteiger partial charge in [0.2, 0.25) is 0 Å². The van der Waals surface area contributed by atoms with E-state index in [1.54, 1.807) is 0 Å². The molecule has 0 bridgehead atoms. The van der Waals surface area contributed by atoms with Crippen molar-refractivity contribution in [3.8, 4) is 0 Å². The van der Waals surface area contributed by atoms with Crippen molar-refractivity contribution in [3.05, 3.63) is 22.4 Å². The maximum atomic E-state index is 11.5. The van der Waals surface area contributed by atoms with Gasteiger partial charge in [-0.15, -0.1) is 11.3 Å². The maximum Gasteiger partial charge on any atom is 0.198 e. The summed E-state index contributed by atoms with van der Waals surface area (Å²) in [4.78, 5) is 12.3. The summed E-state index contributed by atoms with van der Waals surface area (Å²) in [5.74, 6) is 0.0823. The van der Waals surface area contributed by atoms with E-state index in [1.165, 1.54) is 11.3 Å². The lowest BCUT2D eigenvalue weighted by Gasteiger charge is -2.17. The standard InChI is InChI=1S/C12H18O2S/c1-12(2,3)6-7-14-9-10(13)11-5-4-8-15-11/h4-5,8H,6-7,9H2,1-3H3. The SMILES string of the molecule is CC(C)(C)CCOCC(=O)c1cccs1. The molecule has 3 heteroatoms. The molecule has 0 saturated carbocycles. The maximum absolute atomic E-state index is 11.5. The lowest BCUT2D eigenvalue weighted by molar-refractivity contribution is 0.0709. The number of carbonyl (C=O) groups excluding carboxylic acids is 1. The lowest BCUT2D eigenvalue weighted by atomic mass is 9.93. The molecule has 0 saturated heterocycles. The predicted molar refractivity (Wildman–Crippen MR) is 63.5 cm³/mol. The largest absolute Gasteiger partial charge is 0.373 e. The fraction of sp³-hybridized carbons (Fsp3) is 0.583. The summed E-state index contributed by atoms with van der Waals surface area (Å²) >= 11 is 1.47. The van der Waals surface area contributed by atoms with Crippen LogP contribution in [0.3, 0.4) is 0 Å². The van der Waals surface area contributed by atoms with Crippen molar-refractivity contribution in [2.24, 2.45) is 5.41 Å². The second-order valence-electron chi connectivity index (χ2n) is 4.76. The van der Waals surface area contributed by atoms with Gasteiger partial charge in [0.15, 0.2) is 5.78 Å². The van der Waals surface area contributed by atoms with Crippen LogP contribution in [0.15, 0.2) is 17.5 Å². The minimum atomic E-state index is 0.0823. The summed E-state index contributed by atoms with van der Waals surface area (Å²) in [5, 5.41) is 1.91. The van der Waals surface area contributed by atoms with Crippen LogP contribution in [0.25, 0.3) is 0 Å². The van der Waals surface area contributed by atoms with Crippen molar-refractivity contribution in [1.29, 1.82) is 0 Å². The van der Waals surface area contributed by atoms with Crippen molar-refractivity contribution in [1.82, 2.24) is 0 Å². The molecule has 0 spiro atoms. The van der Waals surface area contributed by atoms with E-state index in [4.69, 9.17) is 4.74 Å². The Morgan fingerprint density at radius 2 is 2.20 bits per heavy atom. The van der Waals surface area contributed by atoms with Crippen molar-refractivity contribution < 1.29 is 9.53 Å². The topological polar surface area (TPSA) is 26.3 Å². The van der Waals surface area contributed by atoms with Crippen molar-refractivity contribution in [2.45, 2.75) is 27.2 Å². The van der Waals surface area contributed by atoms with E-state index in [0.29, 0.717) is 6.61 Å². The summed E-state index contributed by atoms with van der Waals surface area (Å²) < 4.78 is 5.35. The molecule has 84 valence electrons. The van der Waals surface area contributed by atoms with Gasteiger partial charge in [-0.25, -0.2) is 0 Å². The first-order valence-electron chi connectivity index (χ1n) is 5.13. The second-order valence-corrected chi connectivity index (χ2v) is 5.71. The van der Waals surface area contributed by atoms with Crippen LogP contribution in [0.1, 0.15) is 36.9 Å². The Morgan fingerprint density at radius 1 is 1.47 bits per heavy atom. The molecule has 0 radical (unpaired) electrons. The smallest absolute Gasteiger partial charge is 0.198 e. The van der Waals surface area contributed by atoms with Crippen LogP contribution in [0.5, 0.6) is 0 Å². The summed E-state index contributed by atoms with van der Waals surface area (Å²) in [6.07, 6.45) is 0.977. The number of thiophene rings is 1. The van der Waals surface area contributed by atoms with E-state index in [9.17, 15) is 4.79 Å². The lowest BCUT2D eigenvalue weighted by Crippen LogP contribution is -2.13. The van der Waals surface area contributed by atoms with Gasteiger partial charge in [0.05, 0.1) is 4.88 Å². The first-order chi connectivity index (χ1) is 6.99. The van der Waals surface area contributed by atoms with Crippen molar-refractivity contribution >= 4 is 17.1 Å². The number of hydrogen-bond donors (Lipinski definition) is 0. The van der Waals surface area contributed by atoms with Gasteiger partial charge >= 0.3 is 0 Å². The van der Waals surface area contributed by atoms with Gasteiger partial charge < -0.3 is 4.74 Å². The van der Waals surface area contributed by atoms with Gasteiger partial charge in [-0.1, -0.05) is 26.8 Å². The van der Waals surface area contributed by atoms with Crippen molar-refractivity contribution in [3.63, 3.8) is 0 Å². The monoisotopic (exact) mass is 226 g/mol. The molecule has 0 amide bonds. The van der Waals surface area contributed by atoms with Crippen LogP contribution in [0.2, 0.25) is 0 Å². The van der Waals surface area contributed by atoms with Crippen molar-refractivity contribution in [2.75, 3.05) is 13.2 Å². The molecule has 1 aromatic heterocycles. The van der Waals surface area contributed by atoms with E-state index in [-0.39, 0.29) is 17.8 Å². The Morgan fingerprint density at radius 3 is 2.73 bits per heavy atom. The number of Topliss-reactive ketones (excluding diaryl/α,β-unsaturated/α-hetero) is 1. The molecule has 0 aliphatic carbocycles. The number of ether oxygens (including phenoxy) is 1. The Kier molecular flexibility index (Phi) is 4.48. The Labute approximate surface area is 95.3 Å². The highest BCUT2D eigenvalue weighted by molar-refractivity contribution is 7.12. The number of hydrogen-bond acceptors (Lipinski definition) is 3. The fourth-order valence-electron chi connectivity index (χ4n) is 1.05.